The van der Waals surface area contributed by atoms with E-state index in [0.29, 0.717) is 50.4 Å². The molecule has 152 valence electrons. The fraction of sp³-hybridized carbons (Fsp3) is 0.778. The first-order chi connectivity index (χ1) is 12.8. The molecule has 2 aliphatic heterocycles. The number of carbonyl (C=O) groups excluding carboxylic acids is 3. The molecule has 3 amide bonds. The van der Waals surface area contributed by atoms with Gasteiger partial charge in [0.2, 0.25) is 17.7 Å². The summed E-state index contributed by atoms with van der Waals surface area (Å²) < 4.78 is 0. The Hall–Kier alpha value is -1.77. The number of hydrogen-bond donors (Lipinski definition) is 1. The zero-order chi connectivity index (χ0) is 20.0. The monoisotopic (exact) mass is 399 g/mol. The van der Waals surface area contributed by atoms with Crippen LogP contribution in [0.1, 0.15) is 46.0 Å². The molecule has 2 unspecified atom stereocenters. The van der Waals surface area contributed by atoms with Gasteiger partial charge >= 0.3 is 5.97 Å². The lowest BCUT2D eigenvalue weighted by molar-refractivity contribution is -0.145. The first-order valence-corrected chi connectivity index (χ1v) is 10.7. The van der Waals surface area contributed by atoms with E-state index in [4.69, 9.17) is 5.11 Å². The highest BCUT2D eigenvalue weighted by molar-refractivity contribution is 7.99. The zero-order valence-corrected chi connectivity index (χ0v) is 16.9. The number of carbonyl (C=O) groups is 4. The van der Waals surface area contributed by atoms with Crippen molar-refractivity contribution in [1.82, 2.24) is 14.7 Å². The number of likely N-dealkylation sites (tertiary alicyclic amines) is 1. The van der Waals surface area contributed by atoms with Crippen LogP contribution in [0.3, 0.4) is 0 Å². The Morgan fingerprint density at radius 2 is 1.93 bits per heavy atom. The molecule has 0 saturated carbocycles. The standard InChI is InChI=1S/C18H29N3O5S/c1-3-5-16(23)21-12-27-11-15(21)18(26)19-8-4-6-14(7-9-19)20(13(2)22)10-17(24)25/h14-15H,3-12H2,1-2H3,(H,24,25). The summed E-state index contributed by atoms with van der Waals surface area (Å²) in [5.41, 5.74) is 0. The summed E-state index contributed by atoms with van der Waals surface area (Å²) >= 11 is 1.60. The Morgan fingerprint density at radius 1 is 1.19 bits per heavy atom. The zero-order valence-electron chi connectivity index (χ0n) is 16.1. The summed E-state index contributed by atoms with van der Waals surface area (Å²) in [4.78, 5) is 53.0. The first-order valence-electron chi connectivity index (χ1n) is 9.50. The molecule has 0 aliphatic carbocycles. The van der Waals surface area contributed by atoms with Crippen molar-refractivity contribution in [2.24, 2.45) is 0 Å². The molecule has 9 heteroatoms. The molecule has 2 heterocycles. The van der Waals surface area contributed by atoms with Gasteiger partial charge in [0.15, 0.2) is 0 Å². The van der Waals surface area contributed by atoms with E-state index in [1.807, 2.05) is 6.92 Å². The van der Waals surface area contributed by atoms with Gasteiger partial charge in [-0.15, -0.1) is 11.8 Å². The number of thioether (sulfide) groups is 1. The van der Waals surface area contributed by atoms with Gasteiger partial charge in [-0.2, -0.15) is 0 Å². The van der Waals surface area contributed by atoms with Crippen molar-refractivity contribution in [3.8, 4) is 0 Å². The van der Waals surface area contributed by atoms with Crippen LogP contribution in [0.25, 0.3) is 0 Å². The molecular weight excluding hydrogens is 370 g/mol. The fourth-order valence-electron chi connectivity index (χ4n) is 3.72. The molecule has 0 spiro atoms. The highest BCUT2D eigenvalue weighted by atomic mass is 32.2. The van der Waals surface area contributed by atoms with E-state index in [1.165, 1.54) is 11.8 Å². The minimum Gasteiger partial charge on any atom is -0.480 e. The summed E-state index contributed by atoms with van der Waals surface area (Å²) in [7, 11) is 0. The Morgan fingerprint density at radius 3 is 2.56 bits per heavy atom. The van der Waals surface area contributed by atoms with Crippen molar-refractivity contribution < 1.29 is 24.3 Å². The van der Waals surface area contributed by atoms with E-state index in [1.54, 1.807) is 21.6 Å². The van der Waals surface area contributed by atoms with E-state index >= 15 is 0 Å². The molecule has 2 aliphatic rings. The molecule has 2 atom stereocenters. The van der Waals surface area contributed by atoms with Gasteiger partial charge in [-0.05, 0) is 25.7 Å². The molecular formula is C18H29N3O5S. The van der Waals surface area contributed by atoms with Gasteiger partial charge in [-0.1, -0.05) is 6.92 Å². The fourth-order valence-corrected chi connectivity index (χ4v) is 4.89. The van der Waals surface area contributed by atoms with Gasteiger partial charge in [-0.25, -0.2) is 0 Å². The summed E-state index contributed by atoms with van der Waals surface area (Å²) in [6.07, 6.45) is 3.16. The molecule has 0 radical (unpaired) electrons. The smallest absolute Gasteiger partial charge is 0.323 e. The van der Waals surface area contributed by atoms with Crippen LogP contribution in [0.2, 0.25) is 0 Å². The van der Waals surface area contributed by atoms with Gasteiger partial charge in [0, 0.05) is 38.2 Å². The van der Waals surface area contributed by atoms with Crippen LogP contribution in [0.15, 0.2) is 0 Å². The third-order valence-electron chi connectivity index (χ3n) is 5.11. The second-order valence-corrected chi connectivity index (χ2v) is 8.08. The maximum Gasteiger partial charge on any atom is 0.323 e. The van der Waals surface area contributed by atoms with Crippen molar-refractivity contribution in [3.63, 3.8) is 0 Å². The molecule has 0 aromatic rings. The maximum atomic E-state index is 13.0. The molecule has 2 fully saturated rings. The van der Waals surface area contributed by atoms with Gasteiger partial charge in [0.1, 0.15) is 12.6 Å². The minimum atomic E-state index is -1.03. The van der Waals surface area contributed by atoms with E-state index in [-0.39, 0.29) is 30.3 Å². The molecule has 0 aromatic heterocycles. The molecule has 0 aromatic carbocycles. The van der Waals surface area contributed by atoms with E-state index in [9.17, 15) is 19.2 Å². The Bertz CT molecular complexity index is 585. The third-order valence-corrected chi connectivity index (χ3v) is 6.12. The van der Waals surface area contributed by atoms with Gasteiger partial charge in [0.05, 0.1) is 5.88 Å². The lowest BCUT2D eigenvalue weighted by atomic mass is 10.1. The van der Waals surface area contributed by atoms with E-state index in [0.717, 1.165) is 6.42 Å². The topological polar surface area (TPSA) is 98.2 Å². The Labute approximate surface area is 164 Å². The average molecular weight is 400 g/mol. The second kappa shape index (κ2) is 9.96. The molecule has 2 saturated heterocycles. The highest BCUT2D eigenvalue weighted by Crippen LogP contribution is 2.25. The molecule has 27 heavy (non-hydrogen) atoms. The van der Waals surface area contributed by atoms with Crippen LogP contribution in [-0.2, 0) is 19.2 Å². The SMILES string of the molecule is CCCC(=O)N1CSCC1C(=O)N1CCCC(N(CC(=O)O)C(C)=O)CC1. The Balaban J connectivity index is 2.00. The molecule has 2 rings (SSSR count). The van der Waals surface area contributed by atoms with Gasteiger partial charge < -0.3 is 19.8 Å². The van der Waals surface area contributed by atoms with Crippen molar-refractivity contribution in [3.05, 3.63) is 0 Å². The van der Waals surface area contributed by atoms with Crippen LogP contribution in [0, 0.1) is 0 Å². The number of carboxylic acid groups (broad SMARTS) is 1. The number of rotatable bonds is 6. The number of aliphatic carboxylic acids is 1. The third kappa shape index (κ3) is 5.60. The van der Waals surface area contributed by atoms with Crippen LogP contribution >= 0.6 is 11.8 Å². The number of amides is 3. The highest BCUT2D eigenvalue weighted by Gasteiger charge is 2.37. The van der Waals surface area contributed by atoms with Crippen LogP contribution in [-0.4, -0.2) is 86.8 Å². The average Bonchev–Trinajstić information content (AvgIpc) is 2.97. The lowest BCUT2D eigenvalue weighted by Gasteiger charge is -2.30. The van der Waals surface area contributed by atoms with E-state index in [2.05, 4.69) is 0 Å². The Kier molecular flexibility index (Phi) is 7.94. The summed E-state index contributed by atoms with van der Waals surface area (Å²) in [5, 5.41) is 9.04. The first kappa shape index (κ1) is 21.5. The number of nitrogens with zero attached hydrogens (tertiary/aromatic N) is 3. The van der Waals surface area contributed by atoms with E-state index < -0.39 is 12.0 Å². The van der Waals surface area contributed by atoms with Crippen LogP contribution < -0.4 is 0 Å². The number of hydrogen-bond acceptors (Lipinski definition) is 5. The van der Waals surface area contributed by atoms with Crippen molar-refractivity contribution in [2.45, 2.75) is 58.0 Å². The summed E-state index contributed by atoms with van der Waals surface area (Å²) in [5.74, 6) is -0.119. The second-order valence-electron chi connectivity index (χ2n) is 7.08. The molecule has 8 nitrogen and oxygen atoms in total. The van der Waals surface area contributed by atoms with Gasteiger partial charge in [-0.3, -0.25) is 19.2 Å². The normalized spacial score (nSPS) is 23.0. The number of carboxylic acids is 1. The van der Waals surface area contributed by atoms with Gasteiger partial charge in [0.25, 0.3) is 0 Å². The quantitative estimate of drug-likeness (QED) is 0.716. The van der Waals surface area contributed by atoms with Crippen LogP contribution in [0.5, 0.6) is 0 Å². The van der Waals surface area contributed by atoms with Crippen molar-refractivity contribution in [1.29, 1.82) is 0 Å². The van der Waals surface area contributed by atoms with Crippen molar-refractivity contribution >= 4 is 35.5 Å². The maximum absolute atomic E-state index is 13.0. The predicted molar refractivity (Wildman–Crippen MR) is 102 cm³/mol. The lowest BCUT2D eigenvalue weighted by Crippen LogP contribution is -2.49. The van der Waals surface area contributed by atoms with Crippen LogP contribution in [0.4, 0.5) is 0 Å². The summed E-state index contributed by atoms with van der Waals surface area (Å²) in [6, 6.07) is -0.583. The predicted octanol–water partition coefficient (Wildman–Crippen LogP) is 1.00. The molecule has 0 bridgehead atoms. The summed E-state index contributed by atoms with van der Waals surface area (Å²) in [6.45, 7) is 4.07. The minimum absolute atomic E-state index is 0.0257. The van der Waals surface area contributed by atoms with Crippen molar-refractivity contribution in [2.75, 3.05) is 31.3 Å². The molecule has 1 N–H and O–H groups in total. The largest absolute Gasteiger partial charge is 0.480 e.